The van der Waals surface area contributed by atoms with Gasteiger partial charge in [-0.2, -0.15) is 0 Å². The lowest BCUT2D eigenvalue weighted by Gasteiger charge is -2.17. The van der Waals surface area contributed by atoms with Crippen molar-refractivity contribution >= 4 is 57.0 Å². The van der Waals surface area contributed by atoms with Crippen LogP contribution in [0, 0.1) is 0 Å². The second-order valence-corrected chi connectivity index (χ2v) is 6.86. The lowest BCUT2D eigenvalue weighted by molar-refractivity contribution is -0.132. The van der Waals surface area contributed by atoms with E-state index in [1.54, 1.807) is 6.07 Å². The van der Waals surface area contributed by atoms with Crippen molar-refractivity contribution in [2.75, 3.05) is 0 Å². The Hall–Kier alpha value is -1.61. The minimum Gasteiger partial charge on any atom is -0.526 e. The zero-order valence-electron chi connectivity index (χ0n) is 11.9. The molecule has 0 unspecified atom stereocenters. The van der Waals surface area contributed by atoms with Crippen LogP contribution in [0.3, 0.4) is 0 Å². The predicted octanol–water partition coefficient (Wildman–Crippen LogP) is 0.705. The molecule has 0 saturated heterocycles. The van der Waals surface area contributed by atoms with E-state index in [0.29, 0.717) is 5.46 Å². The van der Waals surface area contributed by atoms with Crippen LogP contribution in [-0.2, 0) is 19.5 Å². The van der Waals surface area contributed by atoms with E-state index in [1.807, 2.05) is 0 Å². The Balaban J connectivity index is 2.68. The maximum atomic E-state index is 11.8. The molecule has 2 N–H and O–H groups in total. The van der Waals surface area contributed by atoms with E-state index in [2.05, 4.69) is 4.98 Å². The number of aromatic nitrogens is 1. The third kappa shape index (κ3) is 4.23. The third-order valence-electron chi connectivity index (χ3n) is 2.92. The number of carbonyl (C=O) groups excluding carboxylic acids is 1. The maximum absolute atomic E-state index is 11.8. The summed E-state index contributed by atoms with van der Waals surface area (Å²) in [5.41, 5.74) is 0.471. The van der Waals surface area contributed by atoms with Gasteiger partial charge in [-0.05, 0) is 17.6 Å². The van der Waals surface area contributed by atoms with Crippen molar-refractivity contribution < 1.29 is 17.9 Å². The van der Waals surface area contributed by atoms with Crippen LogP contribution in [-0.4, -0.2) is 26.3 Å². The zero-order chi connectivity index (χ0) is 17.2. The Bertz CT molecular complexity index is 861. The van der Waals surface area contributed by atoms with Crippen LogP contribution < -0.4 is 16.1 Å². The number of primary sulfonamides is 1. The summed E-state index contributed by atoms with van der Waals surface area (Å²) >= 11 is 11.8. The van der Waals surface area contributed by atoms with E-state index in [4.69, 9.17) is 33.0 Å². The Morgan fingerprint density at radius 2 is 1.83 bits per heavy atom. The number of nitrogens with two attached hydrogens (primary N) is 1. The van der Waals surface area contributed by atoms with Gasteiger partial charge in [0.1, 0.15) is 10.3 Å². The fourth-order valence-corrected chi connectivity index (χ4v) is 3.25. The smallest absolute Gasteiger partial charge is 0.433 e. The van der Waals surface area contributed by atoms with Crippen LogP contribution in [0.2, 0.25) is 10.3 Å². The van der Waals surface area contributed by atoms with Gasteiger partial charge < -0.3 is 4.65 Å². The average molecular weight is 373 g/mol. The Morgan fingerprint density at radius 1 is 1.17 bits per heavy atom. The van der Waals surface area contributed by atoms with Gasteiger partial charge in [-0.3, -0.25) is 4.79 Å². The van der Waals surface area contributed by atoms with E-state index in [1.165, 1.54) is 37.3 Å². The molecule has 2 aromatic rings. The first kappa shape index (κ1) is 17.7. The highest BCUT2D eigenvalue weighted by Gasteiger charge is 2.32. The molecule has 23 heavy (non-hydrogen) atoms. The van der Waals surface area contributed by atoms with Crippen molar-refractivity contribution in [1.29, 1.82) is 0 Å². The Labute approximate surface area is 143 Å². The molecule has 0 atom stereocenters. The van der Waals surface area contributed by atoms with Crippen LogP contribution in [0.4, 0.5) is 0 Å². The summed E-state index contributed by atoms with van der Waals surface area (Å²) in [6.45, 7) is 0.114. The van der Waals surface area contributed by atoms with Crippen LogP contribution in [0.1, 0.15) is 6.92 Å². The van der Waals surface area contributed by atoms with E-state index < -0.39 is 22.9 Å². The number of rotatable bonds is 4. The summed E-state index contributed by atoms with van der Waals surface area (Å²) in [6.07, 6.45) is 0. The Morgan fingerprint density at radius 3 is 2.39 bits per heavy atom. The second-order valence-electron chi connectivity index (χ2n) is 4.59. The quantitative estimate of drug-likeness (QED) is 0.629. The average Bonchev–Trinajstić information content (AvgIpc) is 2.44. The van der Waals surface area contributed by atoms with Gasteiger partial charge in [-0.25, -0.2) is 18.5 Å². The number of hydrogen-bond acceptors (Lipinski definition) is 5. The van der Waals surface area contributed by atoms with Gasteiger partial charge in [-0.15, -0.1) is 0 Å². The predicted molar refractivity (Wildman–Crippen MR) is 88.9 cm³/mol. The molecule has 1 heterocycles. The van der Waals surface area contributed by atoms with Crippen molar-refractivity contribution in [3.05, 3.63) is 46.7 Å². The van der Waals surface area contributed by atoms with Gasteiger partial charge >= 0.3 is 6.92 Å². The van der Waals surface area contributed by atoms with Gasteiger partial charge in [0.05, 0.1) is 4.90 Å². The van der Waals surface area contributed by atoms with E-state index in [-0.39, 0.29) is 20.7 Å². The number of sulfonamides is 1. The second kappa shape index (κ2) is 6.88. The molecule has 0 fully saturated rings. The van der Waals surface area contributed by atoms with Gasteiger partial charge in [-0.1, -0.05) is 47.5 Å². The van der Waals surface area contributed by atoms with Crippen LogP contribution in [0.25, 0.3) is 0 Å². The molecule has 0 aliphatic heterocycles. The molecule has 0 bridgehead atoms. The number of hydrogen-bond donors (Lipinski definition) is 1. The molecule has 0 spiro atoms. The lowest BCUT2D eigenvalue weighted by Crippen LogP contribution is -2.49. The molecular weight excluding hydrogens is 362 g/mol. The summed E-state index contributed by atoms with van der Waals surface area (Å²) < 4.78 is 28.8. The topological polar surface area (TPSA) is 99.4 Å². The van der Waals surface area contributed by atoms with Gasteiger partial charge in [0.25, 0.3) is 5.97 Å². The lowest BCUT2D eigenvalue weighted by atomic mass is 9.55. The number of nitrogens with zero attached hydrogens (tertiary/aromatic N) is 1. The normalized spacial score (nSPS) is 11.1. The summed E-state index contributed by atoms with van der Waals surface area (Å²) in [6, 6.07) is 8.87. The SMILES string of the molecule is CC(=O)OB(c1ccccc1S(N)(=O)=O)c1ccc(Cl)nc1Cl. The largest absolute Gasteiger partial charge is 0.526 e. The van der Waals surface area contributed by atoms with Crippen molar-refractivity contribution in [1.82, 2.24) is 4.98 Å². The molecule has 1 aromatic carbocycles. The summed E-state index contributed by atoms with van der Waals surface area (Å²) in [5, 5.41) is 5.37. The molecule has 10 heteroatoms. The molecule has 120 valence electrons. The fraction of sp³-hybridized carbons (Fsp3) is 0.0769. The highest BCUT2D eigenvalue weighted by atomic mass is 35.5. The Kier molecular flexibility index (Phi) is 5.31. The monoisotopic (exact) mass is 372 g/mol. The first-order chi connectivity index (χ1) is 10.7. The third-order valence-corrected chi connectivity index (χ3v) is 4.42. The van der Waals surface area contributed by atoms with Gasteiger partial charge in [0, 0.05) is 12.4 Å². The standard InChI is InChI=1S/C13H11BCl2N2O4S/c1-8(19)22-14(10-6-7-12(15)18-13(10)16)9-4-2-3-5-11(9)23(17,20)21/h2-7H,1H3,(H2,17,20,21). The molecule has 2 rings (SSSR count). The van der Waals surface area contributed by atoms with Gasteiger partial charge in [0.15, 0.2) is 0 Å². The number of benzene rings is 1. The van der Waals surface area contributed by atoms with Crippen LogP contribution in [0.5, 0.6) is 0 Å². The van der Waals surface area contributed by atoms with Crippen molar-refractivity contribution in [3.63, 3.8) is 0 Å². The molecule has 0 radical (unpaired) electrons. The van der Waals surface area contributed by atoms with Crippen molar-refractivity contribution in [2.45, 2.75) is 11.8 Å². The first-order valence-electron chi connectivity index (χ1n) is 6.31. The molecular formula is C13H11BCl2N2O4S. The van der Waals surface area contributed by atoms with Crippen LogP contribution >= 0.6 is 23.2 Å². The number of carbonyl (C=O) groups is 1. The highest BCUT2D eigenvalue weighted by molar-refractivity contribution is 7.89. The van der Waals surface area contributed by atoms with E-state index in [9.17, 15) is 13.2 Å². The minimum atomic E-state index is -4.02. The fourth-order valence-electron chi connectivity index (χ4n) is 2.04. The first-order valence-corrected chi connectivity index (χ1v) is 8.61. The van der Waals surface area contributed by atoms with Crippen LogP contribution in [0.15, 0.2) is 41.3 Å². The molecule has 1 aromatic heterocycles. The number of pyridine rings is 1. The summed E-state index contributed by atoms with van der Waals surface area (Å²) in [5.74, 6) is -0.620. The van der Waals surface area contributed by atoms with E-state index >= 15 is 0 Å². The minimum absolute atomic E-state index is 0.00651. The molecule has 0 aliphatic rings. The molecule has 0 amide bonds. The molecule has 0 saturated carbocycles. The zero-order valence-corrected chi connectivity index (χ0v) is 14.2. The van der Waals surface area contributed by atoms with E-state index in [0.717, 1.165) is 0 Å². The van der Waals surface area contributed by atoms with Crippen molar-refractivity contribution in [3.8, 4) is 0 Å². The maximum Gasteiger partial charge on any atom is 0.433 e. The molecule has 0 aliphatic carbocycles. The molecule has 6 nitrogen and oxygen atoms in total. The summed E-state index contributed by atoms with van der Waals surface area (Å²) in [4.78, 5) is 15.2. The highest BCUT2D eigenvalue weighted by Crippen LogP contribution is 2.12. The van der Waals surface area contributed by atoms with Gasteiger partial charge in [0.2, 0.25) is 10.0 Å². The van der Waals surface area contributed by atoms with Crippen molar-refractivity contribution in [2.24, 2.45) is 5.14 Å². The summed E-state index contributed by atoms with van der Waals surface area (Å²) in [7, 11) is -4.02. The number of halogens is 2.